The molecule has 1 aliphatic rings. The number of rotatable bonds is 1. The first-order chi connectivity index (χ1) is 5.25. The van der Waals surface area contributed by atoms with E-state index in [2.05, 4.69) is 0 Å². The van der Waals surface area contributed by atoms with E-state index in [0.717, 1.165) is 0 Å². The highest BCUT2D eigenvalue weighted by Crippen LogP contribution is 2.16. The number of allylic oxidation sites excluding steroid dienone is 3. The molecule has 1 aliphatic carbocycles. The van der Waals surface area contributed by atoms with Gasteiger partial charge in [-0.25, -0.2) is 9.59 Å². The molecule has 0 saturated heterocycles. The molecule has 1 N–H and O–H groups in total. The van der Waals surface area contributed by atoms with E-state index in [9.17, 15) is 9.59 Å². The maximum absolute atomic E-state index is 10.4. The molecular weight excluding hydrogens is 144 g/mol. The lowest BCUT2D eigenvalue weighted by molar-refractivity contribution is -0.132. The van der Waals surface area contributed by atoms with Crippen LogP contribution >= 0.6 is 0 Å². The smallest absolute Gasteiger partial charge is 0.336 e. The van der Waals surface area contributed by atoms with Gasteiger partial charge in [-0.3, -0.25) is 0 Å². The van der Waals surface area contributed by atoms with Crippen molar-refractivity contribution in [2.24, 2.45) is 0 Å². The summed E-state index contributed by atoms with van der Waals surface area (Å²) in [6.07, 6.45) is 5.09. The molecule has 0 atom stereocenters. The van der Waals surface area contributed by atoms with E-state index in [1.807, 2.05) is 0 Å². The summed E-state index contributed by atoms with van der Waals surface area (Å²) in [4.78, 5) is 20.6. The van der Waals surface area contributed by atoms with Crippen molar-refractivity contribution in [3.63, 3.8) is 0 Å². The molecule has 0 amide bonds. The predicted molar refractivity (Wildman–Crippen MR) is 38.7 cm³/mol. The monoisotopic (exact) mass is 150 g/mol. The van der Waals surface area contributed by atoms with Crippen molar-refractivity contribution < 1.29 is 14.7 Å². The number of carbonyl (C=O) groups is 1. The number of carbonyl (C=O) groups excluding carboxylic acids is 1. The van der Waals surface area contributed by atoms with Gasteiger partial charge < -0.3 is 5.11 Å². The van der Waals surface area contributed by atoms with E-state index in [-0.39, 0.29) is 11.1 Å². The molecule has 0 heterocycles. The van der Waals surface area contributed by atoms with Gasteiger partial charge in [-0.1, -0.05) is 12.2 Å². The fourth-order valence-corrected chi connectivity index (χ4v) is 0.858. The van der Waals surface area contributed by atoms with Gasteiger partial charge in [0.15, 0.2) is 0 Å². The molecule has 11 heavy (non-hydrogen) atoms. The van der Waals surface area contributed by atoms with E-state index in [0.29, 0.717) is 6.42 Å². The normalized spacial score (nSPS) is 15.6. The highest BCUT2D eigenvalue weighted by molar-refractivity contribution is 5.95. The van der Waals surface area contributed by atoms with Gasteiger partial charge in [0.1, 0.15) is 5.94 Å². The highest BCUT2D eigenvalue weighted by atomic mass is 16.4. The maximum atomic E-state index is 10.4. The van der Waals surface area contributed by atoms with Crippen LogP contribution in [0.1, 0.15) is 6.42 Å². The Balaban J connectivity index is 3.06. The fourth-order valence-electron chi connectivity index (χ4n) is 0.858. The zero-order valence-corrected chi connectivity index (χ0v) is 5.70. The van der Waals surface area contributed by atoms with Crippen LogP contribution in [-0.4, -0.2) is 17.0 Å². The Morgan fingerprint density at radius 2 is 2.36 bits per heavy atom. The minimum absolute atomic E-state index is 0.0440. The summed E-state index contributed by atoms with van der Waals surface area (Å²) >= 11 is 0. The lowest BCUT2D eigenvalue weighted by Crippen LogP contribution is -2.05. The van der Waals surface area contributed by atoms with Crippen LogP contribution in [-0.2, 0) is 9.59 Å². The third-order valence-electron chi connectivity index (χ3n) is 1.40. The third-order valence-corrected chi connectivity index (χ3v) is 1.40. The van der Waals surface area contributed by atoms with Gasteiger partial charge in [0.2, 0.25) is 0 Å². The van der Waals surface area contributed by atoms with Gasteiger partial charge in [-0.2, -0.15) is 0 Å². The summed E-state index contributed by atoms with van der Waals surface area (Å²) in [5.41, 5.74) is 0.252. The Morgan fingerprint density at radius 3 is 2.82 bits per heavy atom. The molecule has 0 spiro atoms. The van der Waals surface area contributed by atoms with Crippen LogP contribution in [0, 0.1) is 0 Å². The first kappa shape index (κ1) is 7.51. The van der Waals surface area contributed by atoms with Gasteiger partial charge in [-0.05, 0) is 6.08 Å². The summed E-state index contributed by atoms with van der Waals surface area (Å²) in [5.74, 6) is 0.525. The summed E-state index contributed by atoms with van der Waals surface area (Å²) in [6, 6.07) is 0. The van der Waals surface area contributed by atoms with Crippen LogP contribution in [0.15, 0.2) is 29.4 Å². The minimum Gasteiger partial charge on any atom is -0.478 e. The highest BCUT2D eigenvalue weighted by Gasteiger charge is 2.14. The molecular formula is C8H6O3. The fraction of sp³-hybridized carbons (Fsp3) is 0.125. The maximum Gasteiger partial charge on any atom is 0.336 e. The van der Waals surface area contributed by atoms with Crippen LogP contribution in [0.3, 0.4) is 0 Å². The molecule has 1 rings (SSSR count). The van der Waals surface area contributed by atoms with E-state index < -0.39 is 5.97 Å². The van der Waals surface area contributed by atoms with Crippen molar-refractivity contribution >= 4 is 11.9 Å². The molecule has 0 bridgehead atoms. The largest absolute Gasteiger partial charge is 0.478 e. The van der Waals surface area contributed by atoms with Crippen LogP contribution in [0.25, 0.3) is 0 Å². The molecule has 0 aromatic carbocycles. The minimum atomic E-state index is -1.08. The second-order valence-corrected chi connectivity index (χ2v) is 2.10. The average Bonchev–Trinajstić information content (AvgIpc) is 2.04. The molecule has 0 saturated carbocycles. The second-order valence-electron chi connectivity index (χ2n) is 2.10. The number of hydrogen-bond donors (Lipinski definition) is 1. The molecule has 0 radical (unpaired) electrons. The Bertz CT molecular complexity index is 290. The zero-order valence-electron chi connectivity index (χ0n) is 5.70. The number of aliphatic carboxylic acids is 1. The van der Waals surface area contributed by atoms with Crippen molar-refractivity contribution in [3.8, 4) is 0 Å². The Kier molecular flexibility index (Phi) is 2.04. The topological polar surface area (TPSA) is 54.4 Å². The quantitative estimate of drug-likeness (QED) is 0.560. The van der Waals surface area contributed by atoms with E-state index in [4.69, 9.17) is 5.11 Å². The summed E-state index contributed by atoms with van der Waals surface area (Å²) in [5, 5.41) is 8.54. The number of carboxylic acids is 1. The zero-order chi connectivity index (χ0) is 8.27. The first-order valence-corrected chi connectivity index (χ1v) is 3.10. The van der Waals surface area contributed by atoms with Gasteiger partial charge in [-0.15, -0.1) is 0 Å². The lowest BCUT2D eigenvalue weighted by atomic mass is 10.0. The second kappa shape index (κ2) is 2.99. The molecule has 3 heteroatoms. The van der Waals surface area contributed by atoms with Gasteiger partial charge in [0.05, 0.1) is 11.1 Å². The van der Waals surface area contributed by atoms with Crippen LogP contribution < -0.4 is 0 Å². The van der Waals surface area contributed by atoms with Crippen molar-refractivity contribution in [2.75, 3.05) is 0 Å². The SMILES string of the molecule is O=C=C1CC=CC=C1C(=O)O. The van der Waals surface area contributed by atoms with Crippen molar-refractivity contribution in [1.82, 2.24) is 0 Å². The van der Waals surface area contributed by atoms with Gasteiger partial charge in [0.25, 0.3) is 0 Å². The molecule has 0 unspecified atom stereocenters. The number of hydrogen-bond acceptors (Lipinski definition) is 2. The molecule has 0 aliphatic heterocycles. The lowest BCUT2D eigenvalue weighted by Gasteiger charge is -2.03. The van der Waals surface area contributed by atoms with Crippen LogP contribution in [0.4, 0.5) is 0 Å². The van der Waals surface area contributed by atoms with E-state index >= 15 is 0 Å². The van der Waals surface area contributed by atoms with E-state index in [1.165, 1.54) is 6.08 Å². The predicted octanol–water partition coefficient (Wildman–Crippen LogP) is 0.715. The molecule has 3 nitrogen and oxygen atoms in total. The average molecular weight is 150 g/mol. The summed E-state index contributed by atoms with van der Waals surface area (Å²) in [7, 11) is 0. The summed E-state index contributed by atoms with van der Waals surface area (Å²) < 4.78 is 0. The first-order valence-electron chi connectivity index (χ1n) is 3.10. The third kappa shape index (κ3) is 1.45. The molecule has 0 fully saturated rings. The standard InChI is InChI=1S/C8H6O3/c9-5-6-3-1-2-4-7(6)8(10)11/h1-2,4H,3H2,(H,10,11). The van der Waals surface area contributed by atoms with Crippen molar-refractivity contribution in [2.45, 2.75) is 6.42 Å². The Hall–Kier alpha value is -1.60. The molecule has 0 aromatic heterocycles. The Labute approximate surface area is 63.3 Å². The Morgan fingerprint density at radius 1 is 1.64 bits per heavy atom. The molecule has 56 valence electrons. The van der Waals surface area contributed by atoms with Crippen LogP contribution in [0.2, 0.25) is 0 Å². The van der Waals surface area contributed by atoms with Gasteiger partial charge >= 0.3 is 5.97 Å². The summed E-state index contributed by atoms with van der Waals surface area (Å²) in [6.45, 7) is 0. The van der Waals surface area contributed by atoms with Crippen molar-refractivity contribution in [1.29, 1.82) is 0 Å². The van der Waals surface area contributed by atoms with Crippen molar-refractivity contribution in [3.05, 3.63) is 29.4 Å². The molecule has 0 aromatic rings. The van der Waals surface area contributed by atoms with Gasteiger partial charge in [0, 0.05) is 6.42 Å². The number of carboxylic acid groups (broad SMARTS) is 1. The van der Waals surface area contributed by atoms with E-state index in [1.54, 1.807) is 18.1 Å². The van der Waals surface area contributed by atoms with Crippen LogP contribution in [0.5, 0.6) is 0 Å².